The Morgan fingerprint density at radius 2 is 1.52 bits per heavy atom. The second kappa shape index (κ2) is 7.28. The number of carbonyl (C=O) groups excluding carboxylic acids is 2. The summed E-state index contributed by atoms with van der Waals surface area (Å²) in [6.07, 6.45) is -1.06. The lowest BCUT2D eigenvalue weighted by molar-refractivity contribution is -0.126. The lowest BCUT2D eigenvalue weighted by Crippen LogP contribution is -2.37. The van der Waals surface area contributed by atoms with Gasteiger partial charge in [0.25, 0.3) is 5.91 Å². The van der Waals surface area contributed by atoms with Crippen LogP contribution in [0, 0.1) is 24.5 Å². The molecule has 2 saturated heterocycles. The number of aryl methyl sites for hydroxylation is 1. The molecule has 7 heteroatoms. The monoisotopic (exact) mass is 420 g/mol. The molecule has 2 fully saturated rings. The summed E-state index contributed by atoms with van der Waals surface area (Å²) in [4.78, 5) is 33.7. The molecule has 156 valence electrons. The van der Waals surface area contributed by atoms with Crippen molar-refractivity contribution in [2.75, 3.05) is 9.96 Å². The van der Waals surface area contributed by atoms with Crippen LogP contribution in [-0.4, -0.2) is 17.9 Å². The SMILES string of the molecule is Cc1ccc(N2C(=O)[C@@H]3[C@@H](ON(c4ccccc4)[C@H]3c3ccc(F)c(F)c3)C2=O)cc1. The largest absolute Gasteiger partial charge is 0.273 e. The van der Waals surface area contributed by atoms with Crippen molar-refractivity contribution in [3.05, 3.63) is 95.6 Å². The normalized spacial score (nSPS) is 22.9. The Hall–Kier alpha value is -3.58. The molecule has 0 aromatic heterocycles. The quantitative estimate of drug-likeness (QED) is 0.592. The fourth-order valence-electron chi connectivity index (χ4n) is 4.20. The Balaban J connectivity index is 1.60. The van der Waals surface area contributed by atoms with E-state index in [9.17, 15) is 18.4 Å². The van der Waals surface area contributed by atoms with E-state index in [2.05, 4.69) is 0 Å². The number of fused-ring (bicyclic) bond motifs is 1. The first kappa shape index (κ1) is 19.4. The fourth-order valence-corrected chi connectivity index (χ4v) is 4.20. The molecule has 0 spiro atoms. The van der Waals surface area contributed by atoms with Gasteiger partial charge in [-0.2, -0.15) is 0 Å². The van der Waals surface area contributed by atoms with Crippen LogP contribution in [0.2, 0.25) is 0 Å². The number of hydroxylamine groups is 1. The van der Waals surface area contributed by atoms with Gasteiger partial charge in [-0.05, 0) is 48.9 Å². The Kier molecular flexibility index (Phi) is 4.55. The summed E-state index contributed by atoms with van der Waals surface area (Å²) in [5.74, 6) is -3.84. The van der Waals surface area contributed by atoms with E-state index in [4.69, 9.17) is 4.84 Å². The van der Waals surface area contributed by atoms with Crippen LogP contribution in [0.1, 0.15) is 17.2 Å². The molecule has 5 nitrogen and oxygen atoms in total. The average molecular weight is 420 g/mol. The average Bonchev–Trinajstić information content (AvgIpc) is 3.28. The van der Waals surface area contributed by atoms with E-state index in [0.717, 1.165) is 22.6 Å². The number of hydrogen-bond acceptors (Lipinski definition) is 4. The van der Waals surface area contributed by atoms with Gasteiger partial charge in [0.05, 0.1) is 17.4 Å². The molecule has 31 heavy (non-hydrogen) atoms. The van der Waals surface area contributed by atoms with Gasteiger partial charge in [0, 0.05) is 0 Å². The zero-order valence-electron chi connectivity index (χ0n) is 16.5. The molecule has 0 radical (unpaired) electrons. The molecular formula is C24H18F2N2O3. The molecule has 2 heterocycles. The van der Waals surface area contributed by atoms with Crippen molar-refractivity contribution in [2.45, 2.75) is 19.1 Å². The van der Waals surface area contributed by atoms with Crippen LogP contribution in [0.25, 0.3) is 0 Å². The molecule has 2 amide bonds. The van der Waals surface area contributed by atoms with Crippen LogP contribution in [0.4, 0.5) is 20.2 Å². The number of rotatable bonds is 3. The van der Waals surface area contributed by atoms with Crippen LogP contribution in [0.3, 0.4) is 0 Å². The lowest BCUT2D eigenvalue weighted by Gasteiger charge is -2.28. The molecule has 2 aliphatic heterocycles. The molecule has 2 aliphatic rings. The van der Waals surface area contributed by atoms with E-state index in [1.807, 2.05) is 25.1 Å². The van der Waals surface area contributed by atoms with Gasteiger partial charge in [0.15, 0.2) is 17.7 Å². The minimum Gasteiger partial charge on any atom is -0.273 e. The molecular weight excluding hydrogens is 402 g/mol. The minimum atomic E-state index is -1.06. The highest BCUT2D eigenvalue weighted by molar-refractivity contribution is 6.23. The molecule has 3 aromatic carbocycles. The van der Waals surface area contributed by atoms with Gasteiger partial charge in [-0.1, -0.05) is 42.0 Å². The summed E-state index contributed by atoms with van der Waals surface area (Å²) in [5, 5.41) is 1.45. The molecule has 5 rings (SSSR count). The van der Waals surface area contributed by atoms with Crippen molar-refractivity contribution in [3.8, 4) is 0 Å². The second-order valence-corrected chi connectivity index (χ2v) is 7.68. The summed E-state index contributed by atoms with van der Waals surface area (Å²) in [7, 11) is 0. The van der Waals surface area contributed by atoms with Gasteiger partial charge >= 0.3 is 0 Å². The zero-order chi connectivity index (χ0) is 21.7. The number of imide groups is 1. The summed E-state index contributed by atoms with van der Waals surface area (Å²) < 4.78 is 27.6. The second-order valence-electron chi connectivity index (χ2n) is 7.68. The lowest BCUT2D eigenvalue weighted by atomic mass is 9.90. The Morgan fingerprint density at radius 3 is 2.19 bits per heavy atom. The van der Waals surface area contributed by atoms with E-state index >= 15 is 0 Å². The predicted molar refractivity (Wildman–Crippen MR) is 110 cm³/mol. The number of hydrogen-bond donors (Lipinski definition) is 0. The minimum absolute atomic E-state index is 0.349. The van der Waals surface area contributed by atoms with Gasteiger partial charge in [0.2, 0.25) is 5.91 Å². The van der Waals surface area contributed by atoms with Gasteiger partial charge in [-0.25, -0.2) is 18.7 Å². The molecule has 0 aliphatic carbocycles. The van der Waals surface area contributed by atoms with Gasteiger partial charge < -0.3 is 0 Å². The van der Waals surface area contributed by atoms with Crippen molar-refractivity contribution >= 4 is 23.2 Å². The zero-order valence-corrected chi connectivity index (χ0v) is 16.5. The summed E-state index contributed by atoms with van der Waals surface area (Å²) in [6, 6.07) is 18.6. The number of anilines is 2. The van der Waals surface area contributed by atoms with E-state index < -0.39 is 41.5 Å². The third kappa shape index (κ3) is 3.09. The van der Waals surface area contributed by atoms with Crippen molar-refractivity contribution in [2.24, 2.45) is 5.92 Å². The maximum atomic E-state index is 14.1. The van der Waals surface area contributed by atoms with Crippen molar-refractivity contribution in [1.82, 2.24) is 0 Å². The highest BCUT2D eigenvalue weighted by Crippen LogP contribution is 2.47. The maximum Gasteiger partial charge on any atom is 0.266 e. The summed E-state index contributed by atoms with van der Waals surface area (Å²) >= 11 is 0. The summed E-state index contributed by atoms with van der Waals surface area (Å²) in [5.41, 5.74) is 2.40. The molecule has 3 aromatic rings. The number of benzene rings is 3. The first-order chi connectivity index (χ1) is 15.0. The number of halogens is 2. The highest BCUT2D eigenvalue weighted by atomic mass is 19.2. The Morgan fingerprint density at radius 1 is 0.806 bits per heavy atom. The number of para-hydroxylation sites is 1. The topological polar surface area (TPSA) is 49.9 Å². The fraction of sp³-hybridized carbons (Fsp3) is 0.167. The van der Waals surface area contributed by atoms with Gasteiger partial charge in [0.1, 0.15) is 5.92 Å². The third-order valence-corrected chi connectivity index (χ3v) is 5.70. The number of nitrogens with zero attached hydrogens (tertiary/aromatic N) is 2. The molecule has 0 saturated carbocycles. The predicted octanol–water partition coefficient (Wildman–Crippen LogP) is 4.32. The molecule has 3 atom stereocenters. The van der Waals surface area contributed by atoms with E-state index in [1.165, 1.54) is 11.1 Å². The highest BCUT2D eigenvalue weighted by Gasteiger charge is 2.60. The molecule has 0 unspecified atom stereocenters. The van der Waals surface area contributed by atoms with Crippen LogP contribution < -0.4 is 9.96 Å². The number of carbonyl (C=O) groups is 2. The first-order valence-corrected chi connectivity index (χ1v) is 9.86. The van der Waals surface area contributed by atoms with Crippen molar-refractivity contribution in [3.63, 3.8) is 0 Å². The third-order valence-electron chi connectivity index (χ3n) is 5.70. The maximum absolute atomic E-state index is 14.1. The summed E-state index contributed by atoms with van der Waals surface area (Å²) in [6.45, 7) is 1.91. The van der Waals surface area contributed by atoms with Crippen LogP contribution in [0.5, 0.6) is 0 Å². The number of amides is 2. The first-order valence-electron chi connectivity index (χ1n) is 9.86. The smallest absolute Gasteiger partial charge is 0.266 e. The van der Waals surface area contributed by atoms with Crippen LogP contribution in [0.15, 0.2) is 72.8 Å². The van der Waals surface area contributed by atoms with Gasteiger partial charge in [-0.3, -0.25) is 14.4 Å². The molecule has 0 N–H and O–H groups in total. The van der Waals surface area contributed by atoms with Crippen LogP contribution in [-0.2, 0) is 14.4 Å². The molecule has 0 bridgehead atoms. The Bertz CT molecular complexity index is 1170. The van der Waals surface area contributed by atoms with Crippen molar-refractivity contribution < 1.29 is 23.2 Å². The van der Waals surface area contributed by atoms with Crippen molar-refractivity contribution in [1.29, 1.82) is 0 Å². The van der Waals surface area contributed by atoms with E-state index in [1.54, 1.807) is 36.4 Å². The Labute approximate surface area is 177 Å². The van der Waals surface area contributed by atoms with Crippen LogP contribution >= 0.6 is 0 Å². The van der Waals surface area contributed by atoms with Gasteiger partial charge in [-0.15, -0.1) is 0 Å². The standard InChI is InChI=1S/C24H18F2N2O3/c1-14-7-10-16(11-8-14)27-23(29)20-21(15-9-12-18(25)19(26)13-15)28(31-22(20)24(27)30)17-5-3-2-4-6-17/h2-13,20-22H,1H3/t20-,21-,22+/m0/s1. The van der Waals surface area contributed by atoms with E-state index in [-0.39, 0.29) is 0 Å². The van der Waals surface area contributed by atoms with E-state index in [0.29, 0.717) is 16.9 Å².